The summed E-state index contributed by atoms with van der Waals surface area (Å²) in [5.41, 5.74) is 7.17. The largest absolute Gasteiger partial charge is 0.399 e. The summed E-state index contributed by atoms with van der Waals surface area (Å²) in [4.78, 5) is 10.0. The Morgan fingerprint density at radius 1 is 1.23 bits per heavy atom. The van der Waals surface area contributed by atoms with E-state index in [1.807, 2.05) is 26.0 Å². The van der Waals surface area contributed by atoms with Gasteiger partial charge in [-0.15, -0.1) is 0 Å². The number of benzene rings is 1. The summed E-state index contributed by atoms with van der Waals surface area (Å²) >= 11 is 0. The third kappa shape index (κ3) is 5.91. The summed E-state index contributed by atoms with van der Waals surface area (Å²) in [7, 11) is 0. The van der Waals surface area contributed by atoms with Gasteiger partial charge in [0.15, 0.2) is 0 Å². The molecule has 0 aromatic heterocycles. The average Bonchev–Trinajstić information content (AvgIpc) is 2.13. The molecule has 0 aliphatic carbocycles. The van der Waals surface area contributed by atoms with Crippen LogP contribution in [0.15, 0.2) is 24.3 Å². The van der Waals surface area contributed by atoms with E-state index in [4.69, 9.17) is 5.73 Å². The van der Waals surface area contributed by atoms with Gasteiger partial charge in [0, 0.05) is 12.1 Å². The molecular formula is C11H19NO. The van der Waals surface area contributed by atoms with E-state index in [2.05, 4.69) is 0 Å². The van der Waals surface area contributed by atoms with Crippen molar-refractivity contribution >= 4 is 12.0 Å². The molecule has 2 heteroatoms. The molecule has 0 amide bonds. The van der Waals surface area contributed by atoms with E-state index in [0.717, 1.165) is 17.5 Å². The Morgan fingerprint density at radius 3 is 2.08 bits per heavy atom. The van der Waals surface area contributed by atoms with Gasteiger partial charge in [0.05, 0.1) is 0 Å². The first-order valence-electron chi connectivity index (χ1n) is 4.11. The number of rotatable bonds is 2. The number of hydrogen-bond donors (Lipinski definition) is 1. The molecule has 2 N–H and O–H groups in total. The predicted molar refractivity (Wildman–Crippen MR) is 58.7 cm³/mol. The van der Waals surface area contributed by atoms with Gasteiger partial charge >= 0.3 is 0 Å². The maximum absolute atomic E-state index is 10.0. The minimum atomic E-state index is 0. The Morgan fingerprint density at radius 2 is 1.69 bits per heavy atom. The van der Waals surface area contributed by atoms with Crippen LogP contribution >= 0.6 is 0 Å². The third-order valence-electron chi connectivity index (χ3n) is 1.30. The van der Waals surface area contributed by atoms with Crippen LogP contribution in [0.1, 0.15) is 26.8 Å². The molecule has 1 aromatic carbocycles. The van der Waals surface area contributed by atoms with Crippen LogP contribution in [0, 0.1) is 0 Å². The van der Waals surface area contributed by atoms with Crippen molar-refractivity contribution in [1.29, 1.82) is 0 Å². The summed E-state index contributed by atoms with van der Waals surface area (Å²) in [6, 6.07) is 7.28. The van der Waals surface area contributed by atoms with E-state index >= 15 is 0 Å². The summed E-state index contributed by atoms with van der Waals surface area (Å²) < 4.78 is 0. The summed E-state index contributed by atoms with van der Waals surface area (Å²) in [6.45, 7) is 4.00. The number of carbonyl (C=O) groups is 1. The van der Waals surface area contributed by atoms with E-state index in [-0.39, 0.29) is 7.43 Å². The second kappa shape index (κ2) is 8.78. The summed E-state index contributed by atoms with van der Waals surface area (Å²) in [5, 5.41) is 0. The van der Waals surface area contributed by atoms with Gasteiger partial charge < -0.3 is 10.5 Å². The van der Waals surface area contributed by atoms with Crippen LogP contribution in [0.25, 0.3) is 0 Å². The summed E-state index contributed by atoms with van der Waals surface area (Å²) in [5.74, 6) is 0. The zero-order valence-electron chi connectivity index (χ0n) is 7.58. The Kier molecular flexibility index (Phi) is 9.61. The van der Waals surface area contributed by atoms with E-state index in [9.17, 15) is 4.79 Å². The normalized spacial score (nSPS) is 7.54. The average molecular weight is 181 g/mol. The van der Waals surface area contributed by atoms with Gasteiger partial charge in [0.25, 0.3) is 0 Å². The lowest BCUT2D eigenvalue weighted by molar-refractivity contribution is -0.107. The maximum Gasteiger partial charge on any atom is 0.124 e. The van der Waals surface area contributed by atoms with Crippen molar-refractivity contribution in [1.82, 2.24) is 0 Å². The molecule has 0 aliphatic heterocycles. The van der Waals surface area contributed by atoms with Gasteiger partial charge in [0.1, 0.15) is 6.29 Å². The number of anilines is 1. The Bertz CT molecular complexity index is 216. The topological polar surface area (TPSA) is 43.1 Å². The highest BCUT2D eigenvalue weighted by Gasteiger charge is 1.88. The van der Waals surface area contributed by atoms with Gasteiger partial charge in [-0.05, 0) is 17.7 Å². The molecule has 1 rings (SSSR count). The molecule has 0 aliphatic rings. The first-order valence-corrected chi connectivity index (χ1v) is 4.11. The van der Waals surface area contributed by atoms with E-state index in [1.54, 1.807) is 12.1 Å². The highest BCUT2D eigenvalue weighted by molar-refractivity contribution is 5.55. The van der Waals surface area contributed by atoms with Crippen molar-refractivity contribution in [3.63, 3.8) is 0 Å². The highest BCUT2D eigenvalue weighted by Crippen LogP contribution is 2.04. The molecule has 0 saturated heterocycles. The number of aldehydes is 1. The maximum atomic E-state index is 10.0. The standard InChI is InChI=1S/C8H9NO.C2H6.CH4/c9-8-3-1-7(2-4-8)5-6-10;1-2;/h1-4,6H,5,9H2;1-2H3;1H4. The minimum Gasteiger partial charge on any atom is -0.399 e. The third-order valence-corrected chi connectivity index (χ3v) is 1.30. The molecule has 13 heavy (non-hydrogen) atoms. The number of nitrogen functional groups attached to an aromatic ring is 1. The number of carbonyl (C=O) groups excluding carboxylic acids is 1. The fraction of sp³-hybridized carbons (Fsp3) is 0.364. The number of nitrogens with two attached hydrogens (primary N) is 1. The molecule has 0 saturated carbocycles. The first kappa shape index (κ1) is 14.2. The van der Waals surface area contributed by atoms with Gasteiger partial charge in [-0.1, -0.05) is 33.4 Å². The summed E-state index contributed by atoms with van der Waals surface area (Å²) in [6.07, 6.45) is 1.35. The van der Waals surface area contributed by atoms with Gasteiger partial charge in [-0.2, -0.15) is 0 Å². The first-order chi connectivity index (χ1) is 5.83. The molecule has 0 heterocycles. The van der Waals surface area contributed by atoms with Crippen molar-refractivity contribution in [2.45, 2.75) is 27.7 Å². The van der Waals surface area contributed by atoms with Gasteiger partial charge in [0.2, 0.25) is 0 Å². The second-order valence-electron chi connectivity index (χ2n) is 2.11. The Labute approximate surface area is 80.8 Å². The molecule has 0 fully saturated rings. The van der Waals surface area contributed by atoms with E-state index in [1.165, 1.54) is 0 Å². The van der Waals surface area contributed by atoms with Crippen LogP contribution in [0.3, 0.4) is 0 Å². The molecule has 0 bridgehead atoms. The van der Waals surface area contributed by atoms with Crippen LogP contribution in [0.4, 0.5) is 5.69 Å². The predicted octanol–water partition coefficient (Wildman–Crippen LogP) is 2.67. The molecule has 0 unspecified atom stereocenters. The van der Waals surface area contributed by atoms with Gasteiger partial charge in [-0.25, -0.2) is 0 Å². The highest BCUT2D eigenvalue weighted by atomic mass is 16.1. The second-order valence-corrected chi connectivity index (χ2v) is 2.11. The van der Waals surface area contributed by atoms with Crippen molar-refractivity contribution in [2.24, 2.45) is 0 Å². The quantitative estimate of drug-likeness (QED) is 0.563. The zero-order chi connectivity index (χ0) is 9.40. The Balaban J connectivity index is 0. The fourth-order valence-corrected chi connectivity index (χ4v) is 0.750. The molecule has 0 spiro atoms. The van der Waals surface area contributed by atoms with Crippen molar-refractivity contribution in [3.8, 4) is 0 Å². The number of hydrogen-bond acceptors (Lipinski definition) is 2. The van der Waals surface area contributed by atoms with Crippen molar-refractivity contribution in [3.05, 3.63) is 29.8 Å². The SMILES string of the molecule is C.CC.Nc1ccc(CC=O)cc1. The van der Waals surface area contributed by atoms with Crippen LogP contribution in [0.2, 0.25) is 0 Å². The van der Waals surface area contributed by atoms with E-state index < -0.39 is 0 Å². The molecule has 2 nitrogen and oxygen atoms in total. The minimum absolute atomic E-state index is 0. The molecular weight excluding hydrogens is 162 g/mol. The van der Waals surface area contributed by atoms with Crippen LogP contribution in [-0.2, 0) is 11.2 Å². The molecule has 74 valence electrons. The monoisotopic (exact) mass is 181 g/mol. The zero-order valence-corrected chi connectivity index (χ0v) is 7.58. The lowest BCUT2D eigenvalue weighted by atomic mass is 10.1. The molecule has 1 aromatic rings. The lowest BCUT2D eigenvalue weighted by Crippen LogP contribution is -1.87. The Hall–Kier alpha value is -1.31. The van der Waals surface area contributed by atoms with Crippen LogP contribution in [0.5, 0.6) is 0 Å². The van der Waals surface area contributed by atoms with Gasteiger partial charge in [-0.3, -0.25) is 0 Å². The smallest absolute Gasteiger partial charge is 0.124 e. The van der Waals surface area contributed by atoms with Crippen molar-refractivity contribution < 1.29 is 4.79 Å². The molecule has 0 atom stereocenters. The van der Waals surface area contributed by atoms with Crippen LogP contribution in [-0.4, -0.2) is 6.29 Å². The van der Waals surface area contributed by atoms with Crippen molar-refractivity contribution in [2.75, 3.05) is 5.73 Å². The fourth-order valence-electron chi connectivity index (χ4n) is 0.750. The molecule has 0 radical (unpaired) electrons. The van der Waals surface area contributed by atoms with E-state index in [0.29, 0.717) is 6.42 Å². The van der Waals surface area contributed by atoms with Crippen LogP contribution < -0.4 is 5.73 Å². The lowest BCUT2D eigenvalue weighted by Gasteiger charge is -1.94.